The van der Waals surface area contributed by atoms with E-state index in [4.69, 9.17) is 10.5 Å². The molecule has 20 heavy (non-hydrogen) atoms. The zero-order valence-corrected chi connectivity index (χ0v) is 11.9. The normalized spacial score (nSPS) is 10.5. The number of esters is 1. The van der Waals surface area contributed by atoms with E-state index in [9.17, 15) is 14.4 Å². The van der Waals surface area contributed by atoms with Crippen molar-refractivity contribution in [1.82, 2.24) is 9.13 Å². The fourth-order valence-electron chi connectivity index (χ4n) is 1.72. The van der Waals surface area contributed by atoms with E-state index < -0.39 is 23.8 Å². The number of carbonyl (C=O) groups is 1. The molecule has 112 valence electrons. The fraction of sp³-hybridized carbons (Fsp3) is 0.615. The van der Waals surface area contributed by atoms with Crippen LogP contribution in [-0.4, -0.2) is 21.7 Å². The molecule has 0 aromatic carbocycles. The van der Waals surface area contributed by atoms with Crippen LogP contribution in [0, 0.1) is 0 Å². The van der Waals surface area contributed by atoms with Crippen molar-refractivity contribution in [1.29, 1.82) is 0 Å². The third-order valence-electron chi connectivity index (χ3n) is 2.78. The van der Waals surface area contributed by atoms with E-state index in [2.05, 4.69) is 0 Å². The Bertz CT molecular complexity index is 574. The highest BCUT2D eigenvalue weighted by atomic mass is 16.5. The van der Waals surface area contributed by atoms with Gasteiger partial charge in [0.2, 0.25) is 0 Å². The number of unbranched alkanes of at least 4 members (excludes halogenated alkanes) is 1. The maximum absolute atomic E-state index is 12.1. The van der Waals surface area contributed by atoms with Gasteiger partial charge in [-0.1, -0.05) is 20.3 Å². The highest BCUT2D eigenvalue weighted by Gasteiger charge is 2.13. The van der Waals surface area contributed by atoms with Crippen LogP contribution >= 0.6 is 0 Å². The first-order chi connectivity index (χ1) is 9.51. The highest BCUT2D eigenvalue weighted by molar-refractivity contribution is 5.69. The molecule has 2 N–H and O–H groups in total. The Labute approximate surface area is 117 Å². The monoisotopic (exact) mass is 283 g/mol. The molecular weight excluding hydrogens is 262 g/mol. The number of nitrogens with zero attached hydrogens (tertiary/aromatic N) is 2. The number of aryl methyl sites for hydroxylation is 1. The summed E-state index contributed by atoms with van der Waals surface area (Å²) in [5.41, 5.74) is 4.32. The van der Waals surface area contributed by atoms with Gasteiger partial charge in [-0.25, -0.2) is 9.36 Å². The number of nitrogens with two attached hydrogens (primary N) is 1. The van der Waals surface area contributed by atoms with Crippen molar-refractivity contribution in [2.75, 3.05) is 12.3 Å². The molecule has 0 saturated carbocycles. The van der Waals surface area contributed by atoms with Gasteiger partial charge in [0.25, 0.3) is 5.56 Å². The van der Waals surface area contributed by atoms with Crippen LogP contribution in [0.4, 0.5) is 5.69 Å². The van der Waals surface area contributed by atoms with E-state index in [0.29, 0.717) is 6.54 Å². The van der Waals surface area contributed by atoms with Crippen LogP contribution in [0.5, 0.6) is 0 Å². The van der Waals surface area contributed by atoms with Crippen LogP contribution in [0.25, 0.3) is 0 Å². The second-order valence-electron chi connectivity index (χ2n) is 4.53. The molecule has 0 spiro atoms. The first-order valence-corrected chi connectivity index (χ1v) is 6.76. The zero-order valence-electron chi connectivity index (χ0n) is 11.9. The van der Waals surface area contributed by atoms with Crippen molar-refractivity contribution in [3.63, 3.8) is 0 Å². The Morgan fingerprint density at radius 2 is 2.00 bits per heavy atom. The highest BCUT2D eigenvalue weighted by Crippen LogP contribution is 1.94. The summed E-state index contributed by atoms with van der Waals surface area (Å²) in [4.78, 5) is 35.5. The molecule has 0 bridgehead atoms. The molecule has 0 saturated heterocycles. The topological polar surface area (TPSA) is 96.3 Å². The largest absolute Gasteiger partial charge is 0.464 e. The summed E-state index contributed by atoms with van der Waals surface area (Å²) in [6, 6.07) is 0. The molecule has 0 unspecified atom stereocenters. The second kappa shape index (κ2) is 7.52. The standard InChI is InChI=1S/C13H21N3O4/c1-3-5-7-20-11(17)9-16-12(18)10(14)8-15(6-4-2)13(16)19/h8H,3-7,9,14H2,1-2H3. The molecule has 0 atom stereocenters. The minimum atomic E-state index is -0.658. The van der Waals surface area contributed by atoms with E-state index in [1.165, 1.54) is 10.8 Å². The number of hydrogen-bond acceptors (Lipinski definition) is 5. The van der Waals surface area contributed by atoms with Crippen molar-refractivity contribution < 1.29 is 9.53 Å². The van der Waals surface area contributed by atoms with E-state index in [1.807, 2.05) is 13.8 Å². The van der Waals surface area contributed by atoms with Gasteiger partial charge in [0, 0.05) is 12.7 Å². The van der Waals surface area contributed by atoms with E-state index >= 15 is 0 Å². The van der Waals surface area contributed by atoms with Gasteiger partial charge in [-0.2, -0.15) is 0 Å². The van der Waals surface area contributed by atoms with Gasteiger partial charge in [-0.15, -0.1) is 0 Å². The molecule has 0 fully saturated rings. The number of carbonyl (C=O) groups excluding carboxylic acids is 1. The maximum atomic E-state index is 12.1. The minimum absolute atomic E-state index is 0.0561. The van der Waals surface area contributed by atoms with Crippen LogP contribution in [0.15, 0.2) is 15.8 Å². The van der Waals surface area contributed by atoms with Crippen LogP contribution in [0.1, 0.15) is 33.1 Å². The molecule has 1 aromatic rings. The predicted molar refractivity (Wildman–Crippen MR) is 75.5 cm³/mol. The number of anilines is 1. The fourth-order valence-corrected chi connectivity index (χ4v) is 1.72. The van der Waals surface area contributed by atoms with Gasteiger partial charge >= 0.3 is 11.7 Å². The number of aromatic nitrogens is 2. The van der Waals surface area contributed by atoms with Crippen LogP contribution in [0.3, 0.4) is 0 Å². The third-order valence-corrected chi connectivity index (χ3v) is 2.78. The van der Waals surface area contributed by atoms with Crippen molar-refractivity contribution in [3.8, 4) is 0 Å². The molecule has 0 amide bonds. The molecule has 0 aliphatic heterocycles. The third kappa shape index (κ3) is 3.97. The van der Waals surface area contributed by atoms with Crippen molar-refractivity contribution in [3.05, 3.63) is 27.0 Å². The summed E-state index contributed by atoms with van der Waals surface area (Å²) in [7, 11) is 0. The number of ether oxygens (including phenoxy) is 1. The molecule has 1 aromatic heterocycles. The first-order valence-electron chi connectivity index (χ1n) is 6.76. The molecular formula is C13H21N3O4. The zero-order chi connectivity index (χ0) is 15.1. The Morgan fingerprint density at radius 3 is 2.60 bits per heavy atom. The van der Waals surface area contributed by atoms with E-state index in [1.54, 1.807) is 0 Å². The minimum Gasteiger partial charge on any atom is -0.464 e. The molecule has 1 heterocycles. The number of nitrogen functional groups attached to an aromatic ring is 1. The Kier molecular flexibility index (Phi) is 6.02. The van der Waals surface area contributed by atoms with E-state index in [0.717, 1.165) is 23.8 Å². The van der Waals surface area contributed by atoms with Gasteiger partial charge in [0.1, 0.15) is 12.2 Å². The molecule has 0 radical (unpaired) electrons. The summed E-state index contributed by atoms with van der Waals surface area (Å²) in [5, 5.41) is 0. The summed E-state index contributed by atoms with van der Waals surface area (Å²) < 4.78 is 7.10. The molecule has 1 rings (SSSR count). The maximum Gasteiger partial charge on any atom is 0.331 e. The Hall–Kier alpha value is -2.05. The molecule has 0 aliphatic carbocycles. The Balaban J connectivity index is 2.96. The predicted octanol–water partition coefficient (Wildman–Crippen LogP) is 0.346. The first kappa shape index (κ1) is 16.0. The van der Waals surface area contributed by atoms with E-state index in [-0.39, 0.29) is 12.3 Å². The average Bonchev–Trinajstić information content (AvgIpc) is 2.41. The second-order valence-corrected chi connectivity index (χ2v) is 4.53. The summed E-state index contributed by atoms with van der Waals surface area (Å²) >= 11 is 0. The summed E-state index contributed by atoms with van der Waals surface area (Å²) in [6.45, 7) is 4.19. The van der Waals surface area contributed by atoms with Crippen LogP contribution in [0.2, 0.25) is 0 Å². The van der Waals surface area contributed by atoms with Gasteiger partial charge in [0.15, 0.2) is 0 Å². The summed E-state index contributed by atoms with van der Waals surface area (Å²) in [5.74, 6) is -0.605. The SMILES string of the molecule is CCCCOC(=O)Cn1c(=O)c(N)cn(CCC)c1=O. The lowest BCUT2D eigenvalue weighted by Gasteiger charge is -2.10. The van der Waals surface area contributed by atoms with Gasteiger partial charge in [0.05, 0.1) is 6.61 Å². The van der Waals surface area contributed by atoms with Gasteiger partial charge in [-0.3, -0.25) is 14.2 Å². The van der Waals surface area contributed by atoms with Crippen LogP contribution < -0.4 is 17.0 Å². The smallest absolute Gasteiger partial charge is 0.331 e. The average molecular weight is 283 g/mol. The molecule has 0 aliphatic rings. The lowest BCUT2D eigenvalue weighted by atomic mass is 10.4. The van der Waals surface area contributed by atoms with Gasteiger partial charge < -0.3 is 10.5 Å². The number of hydrogen-bond donors (Lipinski definition) is 1. The van der Waals surface area contributed by atoms with Crippen molar-refractivity contribution in [2.45, 2.75) is 46.2 Å². The Morgan fingerprint density at radius 1 is 1.30 bits per heavy atom. The van der Waals surface area contributed by atoms with Crippen LogP contribution in [-0.2, 0) is 22.6 Å². The van der Waals surface area contributed by atoms with Crippen molar-refractivity contribution in [2.24, 2.45) is 0 Å². The molecule has 7 nitrogen and oxygen atoms in total. The lowest BCUT2D eigenvalue weighted by molar-refractivity contribution is -0.144. The van der Waals surface area contributed by atoms with Gasteiger partial charge in [-0.05, 0) is 12.8 Å². The quantitative estimate of drug-likeness (QED) is 0.575. The lowest BCUT2D eigenvalue weighted by Crippen LogP contribution is -2.42. The number of rotatable bonds is 7. The summed E-state index contributed by atoms with van der Waals surface area (Å²) in [6.07, 6.45) is 3.68. The molecule has 7 heteroatoms. The van der Waals surface area contributed by atoms with Crippen molar-refractivity contribution >= 4 is 11.7 Å².